The summed E-state index contributed by atoms with van der Waals surface area (Å²) in [6.45, 7) is 11.7. The van der Waals surface area contributed by atoms with Crippen molar-refractivity contribution in [2.75, 3.05) is 32.8 Å². The van der Waals surface area contributed by atoms with Crippen LogP contribution in [0.15, 0.2) is 23.1 Å². The predicted molar refractivity (Wildman–Crippen MR) is 96.7 cm³/mol. The quantitative estimate of drug-likeness (QED) is 0.816. The molecule has 1 aliphatic heterocycles. The largest absolute Gasteiger partial charge is 0.379 e. The van der Waals surface area contributed by atoms with Gasteiger partial charge in [-0.05, 0) is 43.4 Å². The van der Waals surface area contributed by atoms with E-state index in [1.807, 2.05) is 26.0 Å². The number of aryl methyl sites for hydroxylation is 2. The van der Waals surface area contributed by atoms with Gasteiger partial charge in [-0.25, -0.2) is 13.1 Å². The van der Waals surface area contributed by atoms with Crippen molar-refractivity contribution >= 4 is 10.0 Å². The number of nitrogens with one attached hydrogen (secondary N) is 1. The van der Waals surface area contributed by atoms with Gasteiger partial charge in [0, 0.05) is 25.7 Å². The number of sulfonamides is 1. The molecule has 24 heavy (non-hydrogen) atoms. The summed E-state index contributed by atoms with van der Waals surface area (Å²) < 4.78 is 33.7. The van der Waals surface area contributed by atoms with Gasteiger partial charge in [0.25, 0.3) is 0 Å². The number of ether oxygens (including phenoxy) is 1. The van der Waals surface area contributed by atoms with Crippen LogP contribution in [0.3, 0.4) is 0 Å². The molecule has 1 atom stereocenters. The second-order valence-electron chi connectivity index (χ2n) is 7.05. The minimum atomic E-state index is -3.49. The summed E-state index contributed by atoms with van der Waals surface area (Å²) >= 11 is 0. The Bertz CT molecular complexity index is 638. The monoisotopic (exact) mass is 354 g/mol. The first kappa shape index (κ1) is 19.4. The molecule has 0 bridgehead atoms. The fourth-order valence-electron chi connectivity index (χ4n) is 3.13. The Hall–Kier alpha value is -0.950. The molecule has 1 fully saturated rings. The number of benzene rings is 1. The first-order valence-corrected chi connectivity index (χ1v) is 10.2. The first-order valence-electron chi connectivity index (χ1n) is 8.68. The van der Waals surface area contributed by atoms with Crippen molar-refractivity contribution in [3.8, 4) is 0 Å². The molecular formula is C18H30N2O3S. The molecule has 0 saturated carbocycles. The van der Waals surface area contributed by atoms with E-state index in [0.29, 0.717) is 17.4 Å². The molecule has 1 aromatic carbocycles. The van der Waals surface area contributed by atoms with E-state index in [4.69, 9.17) is 4.74 Å². The molecule has 0 amide bonds. The van der Waals surface area contributed by atoms with Crippen LogP contribution in [0.2, 0.25) is 0 Å². The average Bonchev–Trinajstić information content (AvgIpc) is 2.54. The van der Waals surface area contributed by atoms with Gasteiger partial charge in [-0.2, -0.15) is 0 Å². The summed E-state index contributed by atoms with van der Waals surface area (Å²) in [5, 5.41) is 0. The Morgan fingerprint density at radius 2 is 1.88 bits per heavy atom. The molecule has 0 aliphatic carbocycles. The lowest BCUT2D eigenvalue weighted by molar-refractivity contribution is 0.0134. The molecular weight excluding hydrogens is 324 g/mol. The summed E-state index contributed by atoms with van der Waals surface area (Å²) in [7, 11) is -3.49. The van der Waals surface area contributed by atoms with Crippen molar-refractivity contribution in [3.05, 3.63) is 29.3 Å². The van der Waals surface area contributed by atoms with E-state index >= 15 is 0 Å². The third-order valence-electron chi connectivity index (χ3n) is 4.45. The van der Waals surface area contributed by atoms with Gasteiger partial charge in [-0.1, -0.05) is 26.0 Å². The van der Waals surface area contributed by atoms with Gasteiger partial charge >= 0.3 is 0 Å². The van der Waals surface area contributed by atoms with E-state index < -0.39 is 10.0 Å². The van der Waals surface area contributed by atoms with E-state index in [0.717, 1.165) is 43.9 Å². The molecule has 2 rings (SSSR count). The van der Waals surface area contributed by atoms with E-state index in [2.05, 4.69) is 23.5 Å². The molecule has 5 nitrogen and oxygen atoms in total. The summed E-state index contributed by atoms with van der Waals surface area (Å²) in [5.41, 5.74) is 1.73. The zero-order chi connectivity index (χ0) is 17.7. The fraction of sp³-hybridized carbons (Fsp3) is 0.667. The van der Waals surface area contributed by atoms with Crippen LogP contribution in [-0.4, -0.2) is 52.2 Å². The number of morpholine rings is 1. The van der Waals surface area contributed by atoms with Crippen LogP contribution in [0, 0.1) is 19.8 Å². The third-order valence-corrected chi connectivity index (χ3v) is 6.01. The maximum atomic E-state index is 12.7. The van der Waals surface area contributed by atoms with E-state index in [9.17, 15) is 8.42 Å². The van der Waals surface area contributed by atoms with Crippen LogP contribution in [0.5, 0.6) is 0 Å². The van der Waals surface area contributed by atoms with Gasteiger partial charge < -0.3 is 4.74 Å². The van der Waals surface area contributed by atoms with Crippen molar-refractivity contribution in [2.24, 2.45) is 5.92 Å². The molecule has 136 valence electrons. The topological polar surface area (TPSA) is 58.6 Å². The Balaban J connectivity index is 2.10. The number of rotatable bonds is 7. The highest BCUT2D eigenvalue weighted by atomic mass is 32.2. The lowest BCUT2D eigenvalue weighted by atomic mass is 10.0. The van der Waals surface area contributed by atoms with Gasteiger partial charge in [0.2, 0.25) is 10.0 Å². The molecule has 0 unspecified atom stereocenters. The summed E-state index contributed by atoms with van der Waals surface area (Å²) in [4.78, 5) is 2.72. The van der Waals surface area contributed by atoms with Gasteiger partial charge in [-0.15, -0.1) is 0 Å². The van der Waals surface area contributed by atoms with Crippen molar-refractivity contribution in [3.63, 3.8) is 0 Å². The van der Waals surface area contributed by atoms with E-state index in [1.165, 1.54) is 0 Å². The molecule has 1 aliphatic rings. The molecule has 0 spiro atoms. The van der Waals surface area contributed by atoms with Crippen LogP contribution in [0.4, 0.5) is 0 Å². The zero-order valence-electron chi connectivity index (χ0n) is 15.2. The molecule has 0 radical (unpaired) electrons. The Kier molecular flexibility index (Phi) is 6.80. The van der Waals surface area contributed by atoms with Gasteiger partial charge in [-0.3, -0.25) is 4.90 Å². The second-order valence-corrected chi connectivity index (χ2v) is 8.79. The summed E-state index contributed by atoms with van der Waals surface area (Å²) in [6, 6.07) is 5.74. The third kappa shape index (κ3) is 5.28. The molecule has 6 heteroatoms. The molecule has 1 N–H and O–H groups in total. The maximum absolute atomic E-state index is 12.7. The Morgan fingerprint density at radius 1 is 1.21 bits per heavy atom. The number of nitrogens with zero attached hydrogens (tertiary/aromatic N) is 1. The van der Waals surface area contributed by atoms with Gasteiger partial charge in [0.15, 0.2) is 0 Å². The zero-order valence-corrected chi connectivity index (χ0v) is 16.0. The minimum Gasteiger partial charge on any atom is -0.379 e. The van der Waals surface area contributed by atoms with Crippen molar-refractivity contribution in [1.29, 1.82) is 0 Å². The average molecular weight is 355 g/mol. The maximum Gasteiger partial charge on any atom is 0.240 e. The van der Waals surface area contributed by atoms with Crippen molar-refractivity contribution in [1.82, 2.24) is 9.62 Å². The van der Waals surface area contributed by atoms with E-state index in [1.54, 1.807) is 6.07 Å². The van der Waals surface area contributed by atoms with Crippen LogP contribution >= 0.6 is 0 Å². The van der Waals surface area contributed by atoms with E-state index in [-0.39, 0.29) is 6.04 Å². The molecule has 1 saturated heterocycles. The molecule has 0 aromatic heterocycles. The van der Waals surface area contributed by atoms with Crippen molar-refractivity contribution < 1.29 is 13.2 Å². The second kappa shape index (κ2) is 8.43. The highest BCUT2D eigenvalue weighted by Gasteiger charge is 2.25. The normalized spacial score (nSPS) is 18.0. The standard InChI is InChI=1S/C18H30N2O3S/c1-14(2)11-17(20-7-9-23-10-8-20)13-19-24(21,22)18-12-15(3)5-6-16(18)4/h5-6,12,14,17,19H,7-11,13H2,1-4H3/t17-/m1/s1. The number of hydrogen-bond donors (Lipinski definition) is 1. The van der Waals surface area contributed by atoms with Crippen LogP contribution < -0.4 is 4.72 Å². The fourth-order valence-corrected chi connectivity index (χ4v) is 4.53. The SMILES string of the molecule is Cc1ccc(C)c(S(=O)(=O)NC[C@@H](CC(C)C)N2CCOCC2)c1. The Morgan fingerprint density at radius 3 is 2.50 bits per heavy atom. The van der Waals surface area contributed by atoms with Crippen LogP contribution in [0.1, 0.15) is 31.4 Å². The Labute approximate surface area is 146 Å². The first-order chi connectivity index (χ1) is 11.3. The number of hydrogen-bond acceptors (Lipinski definition) is 4. The smallest absolute Gasteiger partial charge is 0.240 e. The highest BCUT2D eigenvalue weighted by molar-refractivity contribution is 7.89. The van der Waals surface area contributed by atoms with Gasteiger partial charge in [0.05, 0.1) is 18.1 Å². The summed E-state index contributed by atoms with van der Waals surface area (Å²) in [6.07, 6.45) is 0.968. The van der Waals surface area contributed by atoms with Gasteiger partial charge in [0.1, 0.15) is 0 Å². The lowest BCUT2D eigenvalue weighted by Crippen LogP contribution is -2.49. The lowest BCUT2D eigenvalue weighted by Gasteiger charge is -2.35. The summed E-state index contributed by atoms with van der Waals surface area (Å²) in [5.74, 6) is 0.517. The predicted octanol–water partition coefficient (Wildman–Crippen LogP) is 2.33. The molecule has 1 heterocycles. The highest BCUT2D eigenvalue weighted by Crippen LogP contribution is 2.18. The minimum absolute atomic E-state index is 0.203. The van der Waals surface area contributed by atoms with Crippen LogP contribution in [-0.2, 0) is 14.8 Å². The van der Waals surface area contributed by atoms with Crippen molar-refractivity contribution in [2.45, 2.75) is 45.1 Å². The van der Waals surface area contributed by atoms with Crippen LogP contribution in [0.25, 0.3) is 0 Å². The molecule has 1 aromatic rings.